The third-order valence-electron chi connectivity index (χ3n) is 1.90. The summed E-state index contributed by atoms with van der Waals surface area (Å²) in [5.74, 6) is 0.0313. The Morgan fingerprint density at radius 1 is 1.75 bits per heavy atom. The molecule has 0 bridgehead atoms. The highest BCUT2D eigenvalue weighted by Crippen LogP contribution is 2.17. The van der Waals surface area contributed by atoms with Crippen LogP contribution in [-0.2, 0) is 11.8 Å². The minimum atomic E-state index is 0.0313. The lowest BCUT2D eigenvalue weighted by Crippen LogP contribution is -2.27. The van der Waals surface area contributed by atoms with Gasteiger partial charge in [-0.15, -0.1) is 0 Å². The molecule has 1 saturated heterocycles. The molecule has 1 fully saturated rings. The van der Waals surface area contributed by atoms with E-state index in [4.69, 9.17) is 0 Å². The van der Waals surface area contributed by atoms with Crippen molar-refractivity contribution in [3.8, 4) is 0 Å². The van der Waals surface area contributed by atoms with Crippen molar-refractivity contribution >= 4 is 5.91 Å². The summed E-state index contributed by atoms with van der Waals surface area (Å²) in [5.41, 5.74) is 6.47. The van der Waals surface area contributed by atoms with Gasteiger partial charge in [0.25, 0.3) is 0 Å². The summed E-state index contributed by atoms with van der Waals surface area (Å²) in [6, 6.07) is 0.0752. The molecule has 0 aromatic carbocycles. The molecule has 1 amide bonds. The van der Waals surface area contributed by atoms with Gasteiger partial charge >= 0.3 is 0 Å². The monoisotopic (exact) mass is 166 g/mol. The van der Waals surface area contributed by atoms with Crippen LogP contribution < -0.4 is 10.9 Å². The maximum absolute atomic E-state index is 10.8. The van der Waals surface area contributed by atoms with E-state index in [-0.39, 0.29) is 11.9 Å². The van der Waals surface area contributed by atoms with Crippen molar-refractivity contribution in [2.24, 2.45) is 7.05 Å². The Morgan fingerprint density at radius 2 is 2.58 bits per heavy atom. The van der Waals surface area contributed by atoms with E-state index in [1.165, 1.54) is 0 Å². The fourth-order valence-corrected chi connectivity index (χ4v) is 1.28. The molecule has 2 rings (SSSR count). The molecule has 5 nitrogen and oxygen atoms in total. The predicted octanol–water partition coefficient (Wildman–Crippen LogP) is -0.514. The van der Waals surface area contributed by atoms with Crippen molar-refractivity contribution in [2.75, 3.05) is 0 Å². The number of hydrogen-bond acceptors (Lipinski definition) is 3. The molecule has 0 saturated carbocycles. The lowest BCUT2D eigenvalue weighted by molar-refractivity contribution is -0.119. The molecule has 0 aliphatic carbocycles. The quantitative estimate of drug-likeness (QED) is 0.590. The van der Waals surface area contributed by atoms with Crippen LogP contribution in [-0.4, -0.2) is 15.7 Å². The normalized spacial score (nSPS) is 22.8. The topological polar surface area (TPSA) is 59.0 Å². The summed E-state index contributed by atoms with van der Waals surface area (Å²) in [6.45, 7) is 0. The lowest BCUT2D eigenvalue weighted by atomic mass is 10.1. The van der Waals surface area contributed by atoms with Gasteiger partial charge in [-0.2, -0.15) is 5.10 Å². The third kappa shape index (κ3) is 1.18. The maximum atomic E-state index is 10.8. The Kier molecular flexibility index (Phi) is 1.58. The summed E-state index contributed by atoms with van der Waals surface area (Å²) in [6.07, 6.45) is 4.15. The number of carbonyl (C=O) groups excluding carboxylic acids is 1. The second kappa shape index (κ2) is 2.60. The molecule has 1 unspecified atom stereocenters. The molecule has 2 N–H and O–H groups in total. The molecule has 0 radical (unpaired) electrons. The average Bonchev–Trinajstić information content (AvgIpc) is 2.58. The molecule has 2 heterocycles. The Morgan fingerprint density at radius 3 is 3.08 bits per heavy atom. The summed E-state index contributed by atoms with van der Waals surface area (Å²) in [7, 11) is 1.85. The average molecular weight is 166 g/mol. The van der Waals surface area contributed by atoms with Crippen molar-refractivity contribution in [3.63, 3.8) is 0 Å². The number of carbonyl (C=O) groups is 1. The lowest BCUT2D eigenvalue weighted by Gasteiger charge is -2.02. The van der Waals surface area contributed by atoms with E-state index < -0.39 is 0 Å². The van der Waals surface area contributed by atoms with Crippen molar-refractivity contribution in [1.82, 2.24) is 20.6 Å². The number of aryl methyl sites for hydroxylation is 1. The number of nitrogens with one attached hydrogen (secondary N) is 2. The highest BCUT2D eigenvalue weighted by molar-refractivity contribution is 5.78. The van der Waals surface area contributed by atoms with Crippen LogP contribution in [0.4, 0.5) is 0 Å². The Labute approximate surface area is 69.7 Å². The van der Waals surface area contributed by atoms with Crippen LogP contribution >= 0.6 is 0 Å². The van der Waals surface area contributed by atoms with Gasteiger partial charge in [0.05, 0.1) is 12.2 Å². The van der Waals surface area contributed by atoms with Crippen LogP contribution in [0.15, 0.2) is 12.4 Å². The first kappa shape index (κ1) is 7.30. The van der Waals surface area contributed by atoms with E-state index in [0.29, 0.717) is 6.42 Å². The number of rotatable bonds is 1. The van der Waals surface area contributed by atoms with E-state index in [1.54, 1.807) is 10.9 Å². The maximum Gasteiger partial charge on any atom is 0.236 e. The van der Waals surface area contributed by atoms with E-state index >= 15 is 0 Å². The van der Waals surface area contributed by atoms with E-state index in [9.17, 15) is 4.79 Å². The minimum absolute atomic E-state index is 0.0313. The molecule has 0 spiro atoms. The Hall–Kier alpha value is -1.36. The van der Waals surface area contributed by atoms with Crippen LogP contribution in [0.5, 0.6) is 0 Å². The first-order chi connectivity index (χ1) is 5.75. The van der Waals surface area contributed by atoms with E-state index in [1.807, 2.05) is 13.2 Å². The van der Waals surface area contributed by atoms with Gasteiger partial charge in [-0.3, -0.25) is 14.9 Å². The summed E-state index contributed by atoms with van der Waals surface area (Å²) < 4.78 is 1.72. The van der Waals surface area contributed by atoms with Gasteiger partial charge in [0.1, 0.15) is 0 Å². The molecular weight excluding hydrogens is 156 g/mol. The first-order valence-corrected chi connectivity index (χ1v) is 3.78. The molecule has 64 valence electrons. The van der Waals surface area contributed by atoms with Crippen LogP contribution in [0, 0.1) is 0 Å². The number of hydrogen-bond donors (Lipinski definition) is 2. The van der Waals surface area contributed by atoms with Crippen LogP contribution in [0.25, 0.3) is 0 Å². The highest BCUT2D eigenvalue weighted by Gasteiger charge is 2.23. The van der Waals surface area contributed by atoms with Gasteiger partial charge < -0.3 is 0 Å². The second-order valence-electron chi connectivity index (χ2n) is 2.90. The zero-order valence-corrected chi connectivity index (χ0v) is 6.74. The van der Waals surface area contributed by atoms with Gasteiger partial charge in [0.2, 0.25) is 5.91 Å². The number of aromatic nitrogens is 2. The van der Waals surface area contributed by atoms with Crippen LogP contribution in [0.1, 0.15) is 18.0 Å². The third-order valence-corrected chi connectivity index (χ3v) is 1.90. The van der Waals surface area contributed by atoms with Gasteiger partial charge in [0.15, 0.2) is 0 Å². The smallest absolute Gasteiger partial charge is 0.236 e. The van der Waals surface area contributed by atoms with Gasteiger partial charge in [0, 0.05) is 25.2 Å². The number of nitrogens with zero attached hydrogens (tertiary/aromatic N) is 2. The Bertz CT molecular complexity index is 306. The standard InChI is InChI=1S/C7H10N4O/c1-11-4-5(3-8-11)6-2-7(12)10-9-6/h3-4,6,9H,2H2,1H3,(H,10,12). The van der Waals surface area contributed by atoms with Crippen LogP contribution in [0.3, 0.4) is 0 Å². The van der Waals surface area contributed by atoms with Crippen molar-refractivity contribution in [3.05, 3.63) is 18.0 Å². The summed E-state index contributed by atoms with van der Waals surface area (Å²) >= 11 is 0. The fourth-order valence-electron chi connectivity index (χ4n) is 1.28. The van der Waals surface area contributed by atoms with Gasteiger partial charge in [-0.25, -0.2) is 5.43 Å². The molecule has 1 aliphatic heterocycles. The van der Waals surface area contributed by atoms with Crippen molar-refractivity contribution in [1.29, 1.82) is 0 Å². The first-order valence-electron chi connectivity index (χ1n) is 3.78. The molecule has 1 atom stereocenters. The number of hydrazine groups is 1. The van der Waals surface area contributed by atoms with Crippen molar-refractivity contribution in [2.45, 2.75) is 12.5 Å². The van der Waals surface area contributed by atoms with Gasteiger partial charge in [-0.1, -0.05) is 0 Å². The number of amides is 1. The Balaban J connectivity index is 2.15. The zero-order chi connectivity index (χ0) is 8.55. The SMILES string of the molecule is Cn1cc(C2CC(=O)NN2)cn1. The van der Waals surface area contributed by atoms with Crippen LogP contribution in [0.2, 0.25) is 0 Å². The van der Waals surface area contributed by atoms with E-state index in [0.717, 1.165) is 5.56 Å². The molecule has 1 aromatic heterocycles. The predicted molar refractivity (Wildman–Crippen MR) is 41.8 cm³/mol. The van der Waals surface area contributed by atoms with Gasteiger partial charge in [-0.05, 0) is 0 Å². The largest absolute Gasteiger partial charge is 0.291 e. The van der Waals surface area contributed by atoms with E-state index in [2.05, 4.69) is 16.0 Å². The molecule has 1 aliphatic rings. The highest BCUT2D eigenvalue weighted by atomic mass is 16.2. The molecule has 12 heavy (non-hydrogen) atoms. The molecule has 1 aromatic rings. The summed E-state index contributed by atoms with van der Waals surface area (Å²) in [5, 5.41) is 4.02. The fraction of sp³-hybridized carbons (Fsp3) is 0.429. The molecule has 5 heteroatoms. The van der Waals surface area contributed by atoms with Crippen molar-refractivity contribution < 1.29 is 4.79 Å². The second-order valence-corrected chi connectivity index (χ2v) is 2.90. The molecular formula is C7H10N4O. The zero-order valence-electron chi connectivity index (χ0n) is 6.74. The summed E-state index contributed by atoms with van der Waals surface area (Å²) in [4.78, 5) is 10.8. The minimum Gasteiger partial charge on any atom is -0.291 e.